The lowest BCUT2D eigenvalue weighted by molar-refractivity contribution is -0.118. The zero-order valence-electron chi connectivity index (χ0n) is 7.39. The lowest BCUT2D eigenvalue weighted by atomic mass is 10.1. The molecule has 0 aliphatic carbocycles. The summed E-state index contributed by atoms with van der Waals surface area (Å²) in [6, 6.07) is 4.20. The van der Waals surface area contributed by atoms with Crippen molar-refractivity contribution in [1.29, 1.82) is 0 Å². The van der Waals surface area contributed by atoms with Gasteiger partial charge in [0.1, 0.15) is 0 Å². The van der Waals surface area contributed by atoms with Crippen LogP contribution in [0.2, 0.25) is 0 Å². The number of hydrogen-bond acceptors (Lipinski definition) is 2. The topological polar surface area (TPSA) is 33.2 Å². The summed E-state index contributed by atoms with van der Waals surface area (Å²) in [5, 5.41) is 0. The summed E-state index contributed by atoms with van der Waals surface area (Å²) in [6.45, 7) is 0.878. The summed E-state index contributed by atoms with van der Waals surface area (Å²) >= 11 is 0. The molecular weight excluding hydrogens is 164 g/mol. The number of amides is 1. The van der Waals surface area contributed by atoms with Gasteiger partial charge in [-0.05, 0) is 24.5 Å². The van der Waals surface area contributed by atoms with E-state index in [9.17, 15) is 4.79 Å². The largest absolute Gasteiger partial charge is 0.338 e. The lowest BCUT2D eigenvalue weighted by Gasteiger charge is -2.19. The summed E-state index contributed by atoms with van der Waals surface area (Å²) < 4.78 is 0. The molecule has 1 fully saturated rings. The monoisotopic (exact) mass is 176 g/mol. The Balaban J connectivity index is 2.21. The van der Waals surface area contributed by atoms with E-state index in [0.717, 1.165) is 31.4 Å². The Bertz CT molecular complexity index is 286. The minimum atomic E-state index is 0.256. The van der Waals surface area contributed by atoms with Crippen LogP contribution in [-0.4, -0.2) is 22.8 Å². The van der Waals surface area contributed by atoms with Crippen molar-refractivity contribution in [3.05, 3.63) is 30.1 Å². The summed E-state index contributed by atoms with van der Waals surface area (Å²) in [4.78, 5) is 16.6. The highest BCUT2D eigenvalue weighted by Gasteiger charge is 2.24. The minimum Gasteiger partial charge on any atom is -0.338 e. The smallest absolute Gasteiger partial charge is 0.210 e. The van der Waals surface area contributed by atoms with Crippen molar-refractivity contribution in [2.24, 2.45) is 0 Å². The molecule has 1 aliphatic rings. The normalized spacial score (nSPS) is 21.8. The zero-order chi connectivity index (χ0) is 9.10. The average molecular weight is 176 g/mol. The van der Waals surface area contributed by atoms with Crippen molar-refractivity contribution in [3.63, 3.8) is 0 Å². The number of pyridine rings is 1. The van der Waals surface area contributed by atoms with Gasteiger partial charge in [0.05, 0.1) is 6.04 Å². The van der Waals surface area contributed by atoms with Gasteiger partial charge in [-0.2, -0.15) is 0 Å². The number of carbonyl (C=O) groups is 1. The van der Waals surface area contributed by atoms with Crippen molar-refractivity contribution in [2.45, 2.75) is 18.9 Å². The van der Waals surface area contributed by atoms with Crippen LogP contribution in [0.1, 0.15) is 24.4 Å². The molecule has 0 unspecified atom stereocenters. The van der Waals surface area contributed by atoms with Crippen LogP contribution >= 0.6 is 0 Å². The Morgan fingerprint density at radius 2 is 2.54 bits per heavy atom. The molecule has 1 saturated heterocycles. The highest BCUT2D eigenvalue weighted by molar-refractivity contribution is 5.49. The van der Waals surface area contributed by atoms with Crippen molar-refractivity contribution < 1.29 is 4.79 Å². The molecule has 13 heavy (non-hydrogen) atoms. The van der Waals surface area contributed by atoms with E-state index in [4.69, 9.17) is 0 Å². The molecule has 1 aromatic heterocycles. The number of likely N-dealkylation sites (tertiary alicyclic amines) is 1. The Labute approximate surface area is 77.4 Å². The molecule has 3 nitrogen and oxygen atoms in total. The van der Waals surface area contributed by atoms with Gasteiger partial charge < -0.3 is 4.90 Å². The molecule has 0 spiro atoms. The lowest BCUT2D eigenvalue weighted by Crippen LogP contribution is -2.21. The van der Waals surface area contributed by atoms with Gasteiger partial charge in [0.25, 0.3) is 0 Å². The highest BCUT2D eigenvalue weighted by atomic mass is 16.1. The van der Waals surface area contributed by atoms with Gasteiger partial charge in [-0.15, -0.1) is 0 Å². The van der Waals surface area contributed by atoms with Gasteiger partial charge in [-0.25, -0.2) is 0 Å². The molecule has 68 valence electrons. The predicted molar refractivity (Wildman–Crippen MR) is 49.0 cm³/mol. The first-order chi connectivity index (χ1) is 6.42. The zero-order valence-corrected chi connectivity index (χ0v) is 7.39. The van der Waals surface area contributed by atoms with E-state index < -0.39 is 0 Å². The van der Waals surface area contributed by atoms with Crippen molar-refractivity contribution in [2.75, 3.05) is 6.54 Å². The first kappa shape index (κ1) is 8.23. The minimum absolute atomic E-state index is 0.256. The molecule has 0 radical (unpaired) electrons. The second-order valence-corrected chi connectivity index (χ2v) is 3.29. The third kappa shape index (κ3) is 1.54. The van der Waals surface area contributed by atoms with E-state index in [1.807, 2.05) is 23.2 Å². The maximum Gasteiger partial charge on any atom is 0.210 e. The van der Waals surface area contributed by atoms with Crippen LogP contribution in [0.25, 0.3) is 0 Å². The summed E-state index contributed by atoms with van der Waals surface area (Å²) in [5.41, 5.74) is 1.15. The van der Waals surface area contributed by atoms with Crippen molar-refractivity contribution in [1.82, 2.24) is 9.88 Å². The Morgan fingerprint density at radius 3 is 3.23 bits per heavy atom. The molecule has 0 saturated carbocycles. The standard InChI is InChI=1S/C10H12N2O/c13-8-12-6-2-4-10(12)9-3-1-5-11-7-9/h1,3,5,7-8,10H,2,4,6H2/t10-/m0/s1. The van der Waals surface area contributed by atoms with E-state index in [1.54, 1.807) is 6.20 Å². The summed E-state index contributed by atoms with van der Waals surface area (Å²) in [7, 11) is 0. The van der Waals surface area contributed by atoms with Crippen LogP contribution in [0, 0.1) is 0 Å². The number of carbonyl (C=O) groups excluding carboxylic acids is 1. The van der Waals surface area contributed by atoms with Crippen LogP contribution in [0.4, 0.5) is 0 Å². The van der Waals surface area contributed by atoms with E-state index >= 15 is 0 Å². The number of rotatable bonds is 2. The SMILES string of the molecule is O=CN1CCC[C@H]1c1cccnc1. The van der Waals surface area contributed by atoms with E-state index in [2.05, 4.69) is 4.98 Å². The van der Waals surface area contributed by atoms with Gasteiger partial charge in [-0.1, -0.05) is 6.07 Å². The van der Waals surface area contributed by atoms with Crippen LogP contribution in [0.3, 0.4) is 0 Å². The predicted octanol–water partition coefficient (Wildman–Crippen LogP) is 1.37. The van der Waals surface area contributed by atoms with Gasteiger partial charge in [-0.3, -0.25) is 9.78 Å². The number of hydrogen-bond donors (Lipinski definition) is 0. The van der Waals surface area contributed by atoms with Crippen molar-refractivity contribution >= 4 is 6.41 Å². The van der Waals surface area contributed by atoms with Crippen LogP contribution < -0.4 is 0 Å². The van der Waals surface area contributed by atoms with Gasteiger partial charge >= 0.3 is 0 Å². The first-order valence-corrected chi connectivity index (χ1v) is 4.53. The van der Waals surface area contributed by atoms with Gasteiger partial charge in [0.15, 0.2) is 0 Å². The molecule has 0 aromatic carbocycles. The summed E-state index contributed by atoms with van der Waals surface area (Å²) in [6.07, 6.45) is 6.68. The number of nitrogens with zero attached hydrogens (tertiary/aromatic N) is 2. The molecular formula is C10H12N2O. The third-order valence-corrected chi connectivity index (χ3v) is 2.50. The summed E-state index contributed by atoms with van der Waals surface area (Å²) in [5.74, 6) is 0. The molecule has 0 bridgehead atoms. The molecule has 1 amide bonds. The average Bonchev–Trinajstić information content (AvgIpc) is 2.67. The Morgan fingerprint density at radius 1 is 1.62 bits per heavy atom. The molecule has 1 aromatic rings. The molecule has 1 atom stereocenters. The van der Waals surface area contributed by atoms with E-state index in [0.29, 0.717) is 0 Å². The van der Waals surface area contributed by atoms with Crippen LogP contribution in [0.5, 0.6) is 0 Å². The second kappa shape index (κ2) is 3.56. The van der Waals surface area contributed by atoms with Crippen LogP contribution in [-0.2, 0) is 4.79 Å². The second-order valence-electron chi connectivity index (χ2n) is 3.29. The molecule has 3 heteroatoms. The quantitative estimate of drug-likeness (QED) is 0.638. The van der Waals surface area contributed by atoms with E-state index in [-0.39, 0.29) is 6.04 Å². The fourth-order valence-corrected chi connectivity index (χ4v) is 1.85. The number of aromatic nitrogens is 1. The third-order valence-electron chi connectivity index (χ3n) is 2.50. The fraction of sp³-hybridized carbons (Fsp3) is 0.400. The molecule has 0 N–H and O–H groups in total. The fourth-order valence-electron chi connectivity index (χ4n) is 1.85. The first-order valence-electron chi connectivity index (χ1n) is 4.53. The molecule has 1 aliphatic heterocycles. The highest BCUT2D eigenvalue weighted by Crippen LogP contribution is 2.29. The Hall–Kier alpha value is -1.38. The molecule has 2 rings (SSSR count). The molecule has 2 heterocycles. The maximum atomic E-state index is 10.7. The van der Waals surface area contributed by atoms with Crippen LogP contribution in [0.15, 0.2) is 24.5 Å². The van der Waals surface area contributed by atoms with Crippen molar-refractivity contribution in [3.8, 4) is 0 Å². The van der Waals surface area contributed by atoms with Gasteiger partial charge in [0, 0.05) is 18.9 Å². The maximum absolute atomic E-state index is 10.7. The Kier molecular flexibility index (Phi) is 2.25. The van der Waals surface area contributed by atoms with E-state index in [1.165, 1.54) is 0 Å². The van der Waals surface area contributed by atoms with Gasteiger partial charge in [0.2, 0.25) is 6.41 Å².